The van der Waals surface area contributed by atoms with Crippen molar-refractivity contribution in [1.29, 1.82) is 0 Å². The van der Waals surface area contributed by atoms with Gasteiger partial charge in [0.2, 0.25) is 0 Å². The number of hydrogen-bond donors (Lipinski definition) is 0. The Morgan fingerprint density at radius 1 is 1.05 bits per heavy atom. The third-order valence-electron chi connectivity index (χ3n) is 4.91. The summed E-state index contributed by atoms with van der Waals surface area (Å²) in [7, 11) is 0. The van der Waals surface area contributed by atoms with Crippen molar-refractivity contribution in [3.05, 3.63) is 29.8 Å². The molecule has 0 N–H and O–H groups in total. The fourth-order valence-corrected chi connectivity index (χ4v) is 3.13. The molecule has 0 spiro atoms. The first-order valence-electron chi connectivity index (χ1n) is 7.96. The van der Waals surface area contributed by atoms with Crippen LogP contribution in [0.5, 0.6) is 0 Å². The number of hydrogen-bond acceptors (Lipinski definition) is 1. The fraction of sp³-hybridized carbons (Fsp3) is 0.667. The Labute approximate surface area is 119 Å². The van der Waals surface area contributed by atoms with E-state index in [2.05, 4.69) is 56.9 Å². The lowest BCUT2D eigenvalue weighted by Crippen LogP contribution is -2.35. The molecule has 1 aromatic rings. The Morgan fingerprint density at radius 3 is 2.11 bits per heavy atom. The van der Waals surface area contributed by atoms with Gasteiger partial charge in [-0.25, -0.2) is 0 Å². The molecule has 1 aliphatic rings. The van der Waals surface area contributed by atoms with Crippen LogP contribution < -0.4 is 4.90 Å². The number of rotatable bonds is 4. The molecule has 0 aromatic heterocycles. The van der Waals surface area contributed by atoms with Gasteiger partial charge in [0.15, 0.2) is 0 Å². The lowest BCUT2D eigenvalue weighted by molar-refractivity contribution is 0.286. The van der Waals surface area contributed by atoms with Crippen LogP contribution in [0.25, 0.3) is 0 Å². The molecule has 0 amide bonds. The zero-order valence-electron chi connectivity index (χ0n) is 13.0. The molecule has 1 aromatic carbocycles. The highest BCUT2D eigenvalue weighted by Crippen LogP contribution is 2.30. The van der Waals surface area contributed by atoms with Gasteiger partial charge in [-0.05, 0) is 48.3 Å². The highest BCUT2D eigenvalue weighted by molar-refractivity contribution is 5.48. The van der Waals surface area contributed by atoms with E-state index >= 15 is 0 Å². The summed E-state index contributed by atoms with van der Waals surface area (Å²) in [6.45, 7) is 11.7. The first-order valence-corrected chi connectivity index (χ1v) is 7.96. The van der Waals surface area contributed by atoms with Gasteiger partial charge in [0.1, 0.15) is 0 Å². The van der Waals surface area contributed by atoms with Gasteiger partial charge in [0.25, 0.3) is 0 Å². The number of piperidine rings is 1. The maximum Gasteiger partial charge on any atom is 0.0366 e. The molecule has 1 heterocycles. The summed E-state index contributed by atoms with van der Waals surface area (Å²) in [5.41, 5.74) is 2.85. The van der Waals surface area contributed by atoms with Gasteiger partial charge in [-0.15, -0.1) is 0 Å². The van der Waals surface area contributed by atoms with Crippen LogP contribution in [0.4, 0.5) is 5.69 Å². The van der Waals surface area contributed by atoms with Crippen molar-refractivity contribution in [2.75, 3.05) is 18.0 Å². The van der Waals surface area contributed by atoms with Crippen molar-refractivity contribution < 1.29 is 0 Å². The fourth-order valence-electron chi connectivity index (χ4n) is 3.13. The van der Waals surface area contributed by atoms with E-state index in [1.165, 1.54) is 43.6 Å². The second-order valence-corrected chi connectivity index (χ2v) is 6.46. The lowest BCUT2D eigenvalue weighted by atomic mass is 9.84. The normalized spacial score (nSPS) is 18.9. The monoisotopic (exact) mass is 259 g/mol. The molecule has 0 saturated carbocycles. The molecule has 0 bridgehead atoms. The molecule has 1 aliphatic heterocycles. The first kappa shape index (κ1) is 14.4. The molecular formula is C18H29N. The van der Waals surface area contributed by atoms with E-state index in [0.717, 1.165) is 11.8 Å². The van der Waals surface area contributed by atoms with Crippen LogP contribution in [0.2, 0.25) is 0 Å². The molecule has 2 rings (SSSR count). The summed E-state index contributed by atoms with van der Waals surface area (Å²) >= 11 is 0. The third-order valence-corrected chi connectivity index (χ3v) is 4.91. The summed E-state index contributed by atoms with van der Waals surface area (Å²) in [6.07, 6.45) is 4.05. The highest BCUT2D eigenvalue weighted by Gasteiger charge is 2.22. The Morgan fingerprint density at radius 2 is 1.63 bits per heavy atom. The summed E-state index contributed by atoms with van der Waals surface area (Å²) in [5, 5.41) is 0. The van der Waals surface area contributed by atoms with Crippen LogP contribution in [0.3, 0.4) is 0 Å². The maximum atomic E-state index is 2.56. The summed E-state index contributed by atoms with van der Waals surface area (Å²) in [5.74, 6) is 2.46. The molecule has 1 unspecified atom stereocenters. The molecular weight excluding hydrogens is 230 g/mol. The Bertz CT molecular complexity index is 371. The van der Waals surface area contributed by atoms with Crippen LogP contribution in [0.15, 0.2) is 24.3 Å². The predicted molar refractivity (Wildman–Crippen MR) is 84.9 cm³/mol. The predicted octanol–water partition coefficient (Wildman–Crippen LogP) is 5.07. The van der Waals surface area contributed by atoms with Crippen LogP contribution in [-0.4, -0.2) is 13.1 Å². The van der Waals surface area contributed by atoms with Crippen molar-refractivity contribution in [1.82, 2.24) is 0 Å². The molecule has 1 nitrogen and oxygen atoms in total. The van der Waals surface area contributed by atoms with Crippen molar-refractivity contribution in [3.8, 4) is 0 Å². The topological polar surface area (TPSA) is 3.24 Å². The Balaban J connectivity index is 1.94. The van der Waals surface area contributed by atoms with Gasteiger partial charge in [-0.3, -0.25) is 0 Å². The van der Waals surface area contributed by atoms with Crippen LogP contribution in [0, 0.1) is 11.8 Å². The molecule has 0 aliphatic carbocycles. The number of benzene rings is 1. The van der Waals surface area contributed by atoms with Gasteiger partial charge < -0.3 is 4.90 Å². The Kier molecular flexibility index (Phi) is 4.90. The van der Waals surface area contributed by atoms with Gasteiger partial charge >= 0.3 is 0 Å². The third kappa shape index (κ3) is 3.52. The second kappa shape index (κ2) is 6.45. The molecule has 1 heteroatoms. The molecule has 1 saturated heterocycles. The van der Waals surface area contributed by atoms with Crippen LogP contribution in [-0.2, 0) is 0 Å². The summed E-state index contributed by atoms with van der Waals surface area (Å²) < 4.78 is 0. The lowest BCUT2D eigenvalue weighted by Gasteiger charge is -2.36. The zero-order valence-corrected chi connectivity index (χ0v) is 13.0. The first-order chi connectivity index (χ1) is 9.11. The molecule has 1 atom stereocenters. The number of nitrogens with zero attached hydrogens (tertiary/aromatic N) is 1. The second-order valence-electron chi connectivity index (χ2n) is 6.46. The van der Waals surface area contributed by atoms with E-state index < -0.39 is 0 Å². The van der Waals surface area contributed by atoms with Gasteiger partial charge in [-0.2, -0.15) is 0 Å². The van der Waals surface area contributed by atoms with E-state index in [1.54, 1.807) is 0 Å². The van der Waals surface area contributed by atoms with E-state index in [1.807, 2.05) is 0 Å². The van der Waals surface area contributed by atoms with Gasteiger partial charge in [0.05, 0.1) is 0 Å². The van der Waals surface area contributed by atoms with E-state index in [0.29, 0.717) is 5.92 Å². The SMILES string of the molecule is CCC(C)C1CCN(c2ccc(C(C)C)cc2)CC1. The van der Waals surface area contributed by atoms with E-state index in [4.69, 9.17) is 0 Å². The summed E-state index contributed by atoms with van der Waals surface area (Å²) in [6, 6.07) is 9.19. The highest BCUT2D eigenvalue weighted by atomic mass is 15.1. The van der Waals surface area contributed by atoms with Crippen LogP contribution in [0.1, 0.15) is 58.4 Å². The van der Waals surface area contributed by atoms with E-state index in [-0.39, 0.29) is 0 Å². The Hall–Kier alpha value is -0.980. The van der Waals surface area contributed by atoms with Crippen molar-refractivity contribution in [3.63, 3.8) is 0 Å². The number of anilines is 1. The van der Waals surface area contributed by atoms with Crippen molar-refractivity contribution in [2.45, 2.75) is 52.9 Å². The van der Waals surface area contributed by atoms with E-state index in [9.17, 15) is 0 Å². The average molecular weight is 259 g/mol. The zero-order chi connectivity index (χ0) is 13.8. The molecule has 1 fully saturated rings. The van der Waals surface area contributed by atoms with Gasteiger partial charge in [0, 0.05) is 18.8 Å². The molecule has 19 heavy (non-hydrogen) atoms. The minimum atomic E-state index is 0.630. The largest absolute Gasteiger partial charge is 0.372 e. The van der Waals surface area contributed by atoms with Crippen molar-refractivity contribution in [2.24, 2.45) is 11.8 Å². The van der Waals surface area contributed by atoms with Crippen LogP contribution >= 0.6 is 0 Å². The molecule has 106 valence electrons. The quantitative estimate of drug-likeness (QED) is 0.729. The molecule has 0 radical (unpaired) electrons. The smallest absolute Gasteiger partial charge is 0.0366 e. The van der Waals surface area contributed by atoms with Crippen molar-refractivity contribution >= 4 is 5.69 Å². The standard InChI is InChI=1S/C18H29N/c1-5-15(4)17-10-12-19(13-11-17)18-8-6-16(7-9-18)14(2)3/h6-9,14-15,17H,5,10-13H2,1-4H3. The van der Waals surface area contributed by atoms with Gasteiger partial charge in [-0.1, -0.05) is 46.2 Å². The maximum absolute atomic E-state index is 2.56. The average Bonchev–Trinajstić information content (AvgIpc) is 2.46. The summed E-state index contributed by atoms with van der Waals surface area (Å²) in [4.78, 5) is 2.56. The minimum Gasteiger partial charge on any atom is -0.372 e. The minimum absolute atomic E-state index is 0.630.